The lowest BCUT2D eigenvalue weighted by molar-refractivity contribution is 0.0240. The smallest absolute Gasteiger partial charge is 0.410 e. The Balaban J connectivity index is 1.58. The summed E-state index contributed by atoms with van der Waals surface area (Å²) in [4.78, 5) is 24.7. The number of hydrogen-bond donors (Lipinski definition) is 1. The highest BCUT2D eigenvalue weighted by molar-refractivity contribution is 5.75. The van der Waals surface area contributed by atoms with E-state index in [1.54, 1.807) is 30.2 Å². The molecule has 3 aromatic rings. The molecule has 0 radical (unpaired) electrons. The summed E-state index contributed by atoms with van der Waals surface area (Å²) in [6, 6.07) is 11.5. The second kappa shape index (κ2) is 10.5. The minimum absolute atomic E-state index is 0.339. The van der Waals surface area contributed by atoms with E-state index in [-0.39, 0.29) is 6.09 Å². The maximum atomic E-state index is 14.3. The summed E-state index contributed by atoms with van der Waals surface area (Å²) in [7, 11) is 0. The van der Waals surface area contributed by atoms with Crippen LogP contribution in [0.25, 0.3) is 11.1 Å². The van der Waals surface area contributed by atoms with Crippen molar-refractivity contribution in [1.82, 2.24) is 14.9 Å². The fourth-order valence-corrected chi connectivity index (χ4v) is 4.07. The van der Waals surface area contributed by atoms with E-state index in [0.717, 1.165) is 0 Å². The van der Waals surface area contributed by atoms with Crippen molar-refractivity contribution >= 4 is 11.9 Å². The van der Waals surface area contributed by atoms with Crippen LogP contribution < -0.4 is 9.64 Å². The van der Waals surface area contributed by atoms with Crippen molar-refractivity contribution in [1.29, 1.82) is 0 Å². The molecule has 190 valence electrons. The maximum Gasteiger partial charge on any atom is 0.410 e. The number of aromatic nitrogens is 2. The van der Waals surface area contributed by atoms with E-state index in [9.17, 15) is 14.3 Å². The summed E-state index contributed by atoms with van der Waals surface area (Å²) in [5.74, 6) is 0.979. The number of piperazine rings is 1. The first-order valence-electron chi connectivity index (χ1n) is 11.9. The number of carbonyl (C=O) groups is 1. The van der Waals surface area contributed by atoms with Gasteiger partial charge in [-0.15, -0.1) is 0 Å². The molecule has 2 aromatic carbocycles. The Labute approximate surface area is 210 Å². The lowest BCUT2D eigenvalue weighted by Crippen LogP contribution is -2.50. The fraction of sp³-hybridized carbons (Fsp3) is 0.370. The molecule has 0 spiro atoms. The molecular weight excluding hydrogens is 463 g/mol. The number of anilines is 1. The van der Waals surface area contributed by atoms with Gasteiger partial charge in [0.1, 0.15) is 23.5 Å². The molecule has 9 heteroatoms. The number of hydrogen-bond acceptors (Lipinski definition) is 7. The summed E-state index contributed by atoms with van der Waals surface area (Å²) >= 11 is 0. The van der Waals surface area contributed by atoms with Gasteiger partial charge in [0.25, 0.3) is 0 Å². The number of aliphatic hydroxyl groups excluding tert-OH is 1. The van der Waals surface area contributed by atoms with Crippen molar-refractivity contribution in [3.8, 4) is 22.6 Å². The number of halogens is 1. The summed E-state index contributed by atoms with van der Waals surface area (Å²) in [5.41, 5.74) is 1.29. The van der Waals surface area contributed by atoms with E-state index in [1.165, 1.54) is 18.5 Å². The number of aliphatic hydroxyl groups is 1. The molecule has 1 aliphatic heterocycles. The Kier molecular flexibility index (Phi) is 7.40. The van der Waals surface area contributed by atoms with E-state index < -0.39 is 17.5 Å². The molecule has 1 fully saturated rings. The average Bonchev–Trinajstić information content (AvgIpc) is 2.84. The van der Waals surface area contributed by atoms with Gasteiger partial charge in [-0.25, -0.2) is 19.2 Å². The summed E-state index contributed by atoms with van der Waals surface area (Å²) in [6.45, 7) is 9.21. The second-order valence-corrected chi connectivity index (χ2v) is 9.67. The van der Waals surface area contributed by atoms with E-state index in [4.69, 9.17) is 9.47 Å². The number of nitrogens with zero attached hydrogens (tertiary/aromatic N) is 4. The van der Waals surface area contributed by atoms with Gasteiger partial charge in [-0.05, 0) is 57.0 Å². The van der Waals surface area contributed by atoms with Crippen LogP contribution in [0, 0.1) is 5.82 Å². The molecule has 36 heavy (non-hydrogen) atoms. The second-order valence-electron chi connectivity index (χ2n) is 9.67. The number of amides is 1. The molecule has 4 rings (SSSR count). The third-order valence-corrected chi connectivity index (χ3v) is 5.75. The predicted octanol–water partition coefficient (Wildman–Crippen LogP) is 5.19. The van der Waals surface area contributed by atoms with Crippen LogP contribution in [-0.4, -0.2) is 57.8 Å². The van der Waals surface area contributed by atoms with Crippen molar-refractivity contribution in [2.24, 2.45) is 0 Å². The van der Waals surface area contributed by atoms with Crippen molar-refractivity contribution in [2.45, 2.75) is 39.4 Å². The minimum atomic E-state index is -0.741. The number of rotatable bonds is 5. The van der Waals surface area contributed by atoms with Crippen molar-refractivity contribution in [3.05, 3.63) is 66.4 Å². The fourth-order valence-electron chi connectivity index (χ4n) is 4.07. The normalized spacial score (nSPS) is 14.9. The topological polar surface area (TPSA) is 88.0 Å². The third-order valence-electron chi connectivity index (χ3n) is 5.75. The molecule has 0 saturated carbocycles. The molecule has 1 amide bonds. The van der Waals surface area contributed by atoms with Crippen LogP contribution in [0.2, 0.25) is 0 Å². The molecule has 1 unspecified atom stereocenters. The van der Waals surface area contributed by atoms with Gasteiger partial charge in [-0.2, -0.15) is 0 Å². The van der Waals surface area contributed by atoms with Gasteiger partial charge in [0, 0.05) is 31.7 Å². The van der Waals surface area contributed by atoms with Gasteiger partial charge in [0.05, 0.1) is 12.3 Å². The Hall–Kier alpha value is -3.72. The average molecular weight is 495 g/mol. The van der Waals surface area contributed by atoms with Crippen LogP contribution in [0.1, 0.15) is 39.4 Å². The number of ether oxygens (including phenoxy) is 2. The summed E-state index contributed by atoms with van der Waals surface area (Å²) in [6.07, 6.45) is 1.93. The van der Waals surface area contributed by atoms with Gasteiger partial charge in [0.15, 0.2) is 11.6 Å². The first-order chi connectivity index (χ1) is 17.1. The molecular formula is C27H31FN4O4. The molecule has 8 nitrogen and oxygen atoms in total. The van der Waals surface area contributed by atoms with Crippen LogP contribution in [0.3, 0.4) is 0 Å². The summed E-state index contributed by atoms with van der Waals surface area (Å²) < 4.78 is 26.0. The maximum absolute atomic E-state index is 14.3. The molecule has 0 aliphatic carbocycles. The highest BCUT2D eigenvalue weighted by atomic mass is 19.1. The first kappa shape index (κ1) is 25.4. The Morgan fingerprint density at radius 2 is 1.78 bits per heavy atom. The van der Waals surface area contributed by atoms with Gasteiger partial charge in [-0.3, -0.25) is 0 Å². The van der Waals surface area contributed by atoms with Crippen molar-refractivity contribution in [2.75, 3.05) is 31.1 Å². The van der Waals surface area contributed by atoms with Crippen LogP contribution in [-0.2, 0) is 4.74 Å². The van der Waals surface area contributed by atoms with E-state index in [2.05, 4.69) is 9.97 Å². The largest absolute Gasteiger partial charge is 0.451 e. The van der Waals surface area contributed by atoms with E-state index in [0.29, 0.717) is 60.2 Å². The lowest BCUT2D eigenvalue weighted by atomic mass is 9.96. The summed E-state index contributed by atoms with van der Waals surface area (Å²) in [5, 5.41) is 10.3. The standard InChI is InChI=1S/C27H31FN4O4/c1-18(33)20-7-5-6-8-21(20)22-15-19(28)9-10-23(22)35-24-16-29-17-30-25(24)31-11-13-32(14-12-31)26(34)36-27(2,3)4/h5-10,15-18,33H,11-14H2,1-4H3. The number of carbonyl (C=O) groups excluding carboxylic acids is 1. The number of benzene rings is 2. The van der Waals surface area contributed by atoms with Crippen LogP contribution >= 0.6 is 0 Å². The quantitative estimate of drug-likeness (QED) is 0.523. The van der Waals surface area contributed by atoms with Crippen molar-refractivity contribution < 1.29 is 23.8 Å². The van der Waals surface area contributed by atoms with Gasteiger partial charge >= 0.3 is 6.09 Å². The molecule has 1 aliphatic rings. The van der Waals surface area contributed by atoms with Crippen LogP contribution in [0.4, 0.5) is 15.0 Å². The zero-order valence-electron chi connectivity index (χ0n) is 20.9. The predicted molar refractivity (Wildman–Crippen MR) is 135 cm³/mol. The Morgan fingerprint density at radius 3 is 2.47 bits per heavy atom. The lowest BCUT2D eigenvalue weighted by Gasteiger charge is -2.36. The van der Waals surface area contributed by atoms with Gasteiger partial charge in [0.2, 0.25) is 0 Å². The monoisotopic (exact) mass is 494 g/mol. The first-order valence-corrected chi connectivity index (χ1v) is 11.9. The van der Waals surface area contributed by atoms with Gasteiger partial charge < -0.3 is 24.4 Å². The Morgan fingerprint density at radius 1 is 1.06 bits per heavy atom. The Bertz CT molecular complexity index is 1220. The molecule has 1 aromatic heterocycles. The highest BCUT2D eigenvalue weighted by Crippen LogP contribution is 2.39. The molecule has 1 N–H and O–H groups in total. The molecule has 2 heterocycles. The van der Waals surface area contributed by atoms with Crippen LogP contribution in [0.5, 0.6) is 11.5 Å². The minimum Gasteiger partial charge on any atom is -0.451 e. The van der Waals surface area contributed by atoms with Crippen molar-refractivity contribution in [3.63, 3.8) is 0 Å². The molecule has 0 bridgehead atoms. The highest BCUT2D eigenvalue weighted by Gasteiger charge is 2.28. The molecule has 1 saturated heterocycles. The van der Waals surface area contributed by atoms with E-state index in [1.807, 2.05) is 43.9 Å². The van der Waals surface area contributed by atoms with Gasteiger partial charge in [-0.1, -0.05) is 24.3 Å². The zero-order valence-corrected chi connectivity index (χ0v) is 20.9. The zero-order chi connectivity index (χ0) is 25.9. The van der Waals surface area contributed by atoms with E-state index >= 15 is 0 Å². The SMILES string of the molecule is CC(O)c1ccccc1-c1cc(F)ccc1Oc1cncnc1N1CCN(C(=O)OC(C)(C)C)CC1. The third kappa shape index (κ3) is 5.91. The van der Waals surface area contributed by atoms with Crippen LogP contribution in [0.15, 0.2) is 55.0 Å². The molecule has 1 atom stereocenters.